The fraction of sp³-hybridized carbons (Fsp3) is 0.741. The van der Waals surface area contributed by atoms with Crippen LogP contribution in [0.5, 0.6) is 0 Å². The first-order chi connectivity index (χ1) is 31.5. The zero-order valence-corrected chi connectivity index (χ0v) is 42.0. The molecule has 0 aromatic rings. The minimum atomic E-state index is -0.801. The highest BCUT2D eigenvalue weighted by atomic mass is 16.6. The molecule has 0 saturated heterocycles. The molecule has 368 valence electrons. The van der Waals surface area contributed by atoms with E-state index in [4.69, 9.17) is 14.2 Å². The predicted octanol–water partition coefficient (Wildman–Crippen LogP) is 17.8. The summed E-state index contributed by atoms with van der Waals surface area (Å²) in [7, 11) is 0. The second-order valence-corrected chi connectivity index (χ2v) is 17.8. The van der Waals surface area contributed by atoms with E-state index >= 15 is 0 Å². The van der Waals surface area contributed by atoms with E-state index in [1.807, 2.05) is 6.08 Å². The highest BCUT2D eigenvalue weighted by Crippen LogP contribution is 2.16. The third-order valence-corrected chi connectivity index (χ3v) is 11.5. The Hall–Kier alpha value is -3.15. The van der Waals surface area contributed by atoms with Gasteiger partial charge in [-0.2, -0.15) is 0 Å². The lowest BCUT2D eigenvalue weighted by Crippen LogP contribution is -2.30. The number of carbonyl (C=O) groups is 3. The Bertz CT molecular complexity index is 1210. The zero-order valence-electron chi connectivity index (χ0n) is 42.0. The van der Waals surface area contributed by atoms with Gasteiger partial charge in [-0.05, 0) is 57.8 Å². The van der Waals surface area contributed by atoms with Crippen LogP contribution in [0.4, 0.5) is 0 Å². The smallest absolute Gasteiger partial charge is 0.306 e. The van der Waals surface area contributed by atoms with E-state index in [2.05, 4.69) is 87.6 Å². The molecular formula is C58H100O6. The molecular weight excluding hydrogens is 793 g/mol. The molecule has 64 heavy (non-hydrogen) atoms. The van der Waals surface area contributed by atoms with Crippen LogP contribution in [0, 0.1) is 0 Å². The molecule has 0 unspecified atom stereocenters. The molecule has 0 aliphatic carbocycles. The van der Waals surface area contributed by atoms with Crippen molar-refractivity contribution in [3.63, 3.8) is 0 Å². The van der Waals surface area contributed by atoms with Crippen molar-refractivity contribution in [1.29, 1.82) is 0 Å². The minimum absolute atomic E-state index is 0.0957. The number of hydrogen-bond donors (Lipinski definition) is 0. The van der Waals surface area contributed by atoms with Crippen molar-refractivity contribution in [2.75, 3.05) is 13.2 Å². The summed E-state index contributed by atoms with van der Waals surface area (Å²) in [6.45, 7) is 6.46. The lowest BCUT2D eigenvalue weighted by atomic mass is 10.0. The highest BCUT2D eigenvalue weighted by molar-refractivity contribution is 5.71. The molecule has 0 aliphatic heterocycles. The van der Waals surface area contributed by atoms with Crippen molar-refractivity contribution >= 4 is 17.9 Å². The first-order valence-corrected chi connectivity index (χ1v) is 26.9. The molecule has 0 radical (unpaired) electrons. The fourth-order valence-electron chi connectivity index (χ4n) is 7.47. The van der Waals surface area contributed by atoms with E-state index in [0.29, 0.717) is 19.3 Å². The van der Waals surface area contributed by atoms with Gasteiger partial charge in [0.15, 0.2) is 6.10 Å². The summed E-state index contributed by atoms with van der Waals surface area (Å²) in [5.41, 5.74) is 0. The summed E-state index contributed by atoms with van der Waals surface area (Å²) >= 11 is 0. The molecule has 0 heterocycles. The van der Waals surface area contributed by atoms with Crippen LogP contribution in [0.25, 0.3) is 0 Å². The molecule has 0 aliphatic rings. The maximum Gasteiger partial charge on any atom is 0.306 e. The van der Waals surface area contributed by atoms with Crippen LogP contribution in [0.1, 0.15) is 258 Å². The number of unbranched alkanes of at least 4 members (excludes halogenated alkanes) is 25. The maximum absolute atomic E-state index is 12.8. The Labute approximate surface area is 395 Å². The summed E-state index contributed by atoms with van der Waals surface area (Å²) in [6.07, 6.45) is 66.2. The SMILES string of the molecule is CC/C=C\C/C=C\C/C=C\C/C=C\C/C=C\C/C=C\CCC(=O)OC[C@@H](COC(=O)CCCCCCCCCCC)OC(=O)CCCCCCCCCCCCCCCCCCCC. The molecule has 6 nitrogen and oxygen atoms in total. The highest BCUT2D eigenvalue weighted by Gasteiger charge is 2.19. The Balaban J connectivity index is 4.40. The van der Waals surface area contributed by atoms with Gasteiger partial charge in [0.1, 0.15) is 13.2 Å². The van der Waals surface area contributed by atoms with Crippen molar-refractivity contribution in [3.05, 3.63) is 72.9 Å². The number of rotatable bonds is 48. The van der Waals surface area contributed by atoms with Gasteiger partial charge in [0.2, 0.25) is 0 Å². The lowest BCUT2D eigenvalue weighted by Gasteiger charge is -2.18. The van der Waals surface area contributed by atoms with Gasteiger partial charge in [0.05, 0.1) is 0 Å². The third kappa shape index (κ3) is 49.9. The second-order valence-electron chi connectivity index (χ2n) is 17.8. The molecule has 6 heteroatoms. The Morgan fingerprint density at radius 1 is 0.328 bits per heavy atom. The number of hydrogen-bond acceptors (Lipinski definition) is 6. The normalized spacial score (nSPS) is 12.6. The largest absolute Gasteiger partial charge is 0.462 e. The van der Waals surface area contributed by atoms with Gasteiger partial charge in [0, 0.05) is 19.3 Å². The molecule has 0 N–H and O–H groups in total. The van der Waals surface area contributed by atoms with E-state index in [0.717, 1.165) is 77.0 Å². The topological polar surface area (TPSA) is 78.9 Å². The van der Waals surface area contributed by atoms with Gasteiger partial charge >= 0.3 is 17.9 Å². The van der Waals surface area contributed by atoms with Crippen LogP contribution >= 0.6 is 0 Å². The number of esters is 3. The van der Waals surface area contributed by atoms with Crippen LogP contribution < -0.4 is 0 Å². The fourth-order valence-corrected chi connectivity index (χ4v) is 7.47. The lowest BCUT2D eigenvalue weighted by molar-refractivity contribution is -0.166. The van der Waals surface area contributed by atoms with Gasteiger partial charge in [-0.1, -0.05) is 254 Å². The van der Waals surface area contributed by atoms with Gasteiger partial charge < -0.3 is 14.2 Å². The predicted molar refractivity (Wildman–Crippen MR) is 274 cm³/mol. The summed E-state index contributed by atoms with van der Waals surface area (Å²) < 4.78 is 16.7. The average Bonchev–Trinajstić information content (AvgIpc) is 3.29. The first kappa shape index (κ1) is 60.9. The monoisotopic (exact) mass is 893 g/mol. The van der Waals surface area contributed by atoms with Crippen LogP contribution in [0.2, 0.25) is 0 Å². The van der Waals surface area contributed by atoms with Crippen molar-refractivity contribution in [3.8, 4) is 0 Å². The number of ether oxygens (including phenoxy) is 3. The minimum Gasteiger partial charge on any atom is -0.462 e. The Morgan fingerprint density at radius 3 is 0.953 bits per heavy atom. The molecule has 0 aromatic carbocycles. The summed E-state index contributed by atoms with van der Waals surface area (Å²) in [6, 6.07) is 0. The molecule has 0 spiro atoms. The van der Waals surface area contributed by atoms with E-state index < -0.39 is 6.10 Å². The molecule has 0 rings (SSSR count). The number of carbonyl (C=O) groups excluding carboxylic acids is 3. The van der Waals surface area contributed by atoms with Gasteiger partial charge in [-0.3, -0.25) is 14.4 Å². The van der Waals surface area contributed by atoms with E-state index in [1.165, 1.54) is 135 Å². The van der Waals surface area contributed by atoms with Crippen LogP contribution in [0.15, 0.2) is 72.9 Å². The van der Waals surface area contributed by atoms with Crippen molar-refractivity contribution in [2.45, 2.75) is 264 Å². The Kier molecular flexibility index (Phi) is 49.9. The standard InChI is InChI=1S/C58H100O6/c1-4-7-10-13-16-19-21-23-25-27-29-31-32-34-36-39-42-45-48-51-57(60)63-54-55(53-62-56(59)50-47-44-41-38-18-15-12-9-6-3)64-58(61)52-49-46-43-40-37-35-33-30-28-26-24-22-20-17-14-11-8-5-2/h7,10,16,19,23,25,29,31,34,36,42,45,55H,4-6,8-9,11-15,17-18,20-22,24,26-28,30,32-33,35,37-41,43-44,46-54H2,1-3H3/b10-7-,19-16-,25-23-,31-29-,36-34-,45-42-/t55-/m1/s1. The van der Waals surface area contributed by atoms with Crippen LogP contribution in [-0.4, -0.2) is 37.2 Å². The zero-order chi connectivity index (χ0) is 46.5. The molecule has 0 saturated carbocycles. The van der Waals surface area contributed by atoms with Gasteiger partial charge in [-0.25, -0.2) is 0 Å². The molecule has 1 atom stereocenters. The second kappa shape index (κ2) is 52.5. The molecule has 0 bridgehead atoms. The number of allylic oxidation sites excluding steroid dienone is 12. The third-order valence-electron chi connectivity index (χ3n) is 11.5. The average molecular weight is 893 g/mol. The molecule has 0 amide bonds. The first-order valence-electron chi connectivity index (χ1n) is 26.9. The van der Waals surface area contributed by atoms with E-state index in [-0.39, 0.29) is 37.5 Å². The maximum atomic E-state index is 12.8. The molecule has 0 fully saturated rings. The van der Waals surface area contributed by atoms with Crippen molar-refractivity contribution in [1.82, 2.24) is 0 Å². The van der Waals surface area contributed by atoms with Gasteiger partial charge in [0.25, 0.3) is 0 Å². The van der Waals surface area contributed by atoms with Crippen molar-refractivity contribution < 1.29 is 28.6 Å². The Morgan fingerprint density at radius 2 is 0.609 bits per heavy atom. The molecule has 0 aromatic heterocycles. The van der Waals surface area contributed by atoms with E-state index in [9.17, 15) is 14.4 Å². The summed E-state index contributed by atoms with van der Waals surface area (Å²) in [4.78, 5) is 37.9. The summed E-state index contributed by atoms with van der Waals surface area (Å²) in [5, 5.41) is 0. The van der Waals surface area contributed by atoms with E-state index in [1.54, 1.807) is 0 Å². The quantitative estimate of drug-likeness (QED) is 0.0262. The van der Waals surface area contributed by atoms with Crippen LogP contribution in [0.3, 0.4) is 0 Å². The van der Waals surface area contributed by atoms with Gasteiger partial charge in [-0.15, -0.1) is 0 Å². The summed E-state index contributed by atoms with van der Waals surface area (Å²) in [5.74, 6) is -0.980. The van der Waals surface area contributed by atoms with Crippen LogP contribution in [-0.2, 0) is 28.6 Å². The van der Waals surface area contributed by atoms with Crippen molar-refractivity contribution in [2.24, 2.45) is 0 Å².